The van der Waals surface area contributed by atoms with Crippen LogP contribution in [0.2, 0.25) is 0 Å². The Bertz CT molecular complexity index is 1920. The summed E-state index contributed by atoms with van der Waals surface area (Å²) in [6.45, 7) is 2.13. The van der Waals surface area contributed by atoms with Crippen LogP contribution in [0.1, 0.15) is 22.0 Å². The van der Waals surface area contributed by atoms with Gasteiger partial charge in [-0.3, -0.25) is 4.79 Å². The Balaban J connectivity index is 1.23. The third-order valence-electron chi connectivity index (χ3n) is 7.95. The van der Waals surface area contributed by atoms with Crippen molar-refractivity contribution in [2.24, 2.45) is 5.73 Å². The zero-order valence-corrected chi connectivity index (χ0v) is 28.6. The van der Waals surface area contributed by atoms with E-state index in [1.807, 2.05) is 79.7 Å². The standard InChI is InChI=1S/C35H37N5O6S2/c1-39(2)12-13-44-31-17-22-16-27(38-26(22)18-30(31)43-3)34(41)40-21-23(20-36)33-25-9-5-4-8-24(25)29(19-28(33)40)46-35(42)45-14-15-47-48-32-10-6-7-11-37-32/h4-11,16-19,23,38H,12-15,20-21,36H2,1-3H3. The van der Waals surface area contributed by atoms with Crippen molar-refractivity contribution in [2.75, 3.05) is 64.7 Å². The monoisotopic (exact) mass is 687 g/mol. The molecule has 11 nitrogen and oxygen atoms in total. The van der Waals surface area contributed by atoms with Crippen LogP contribution in [0.4, 0.5) is 10.5 Å². The molecule has 1 unspecified atom stereocenters. The van der Waals surface area contributed by atoms with Crippen molar-refractivity contribution >= 4 is 61.0 Å². The molecule has 3 N–H and O–H groups in total. The first-order valence-electron chi connectivity index (χ1n) is 15.5. The van der Waals surface area contributed by atoms with Crippen LogP contribution in [0.15, 0.2) is 78.0 Å². The number of pyridine rings is 1. The van der Waals surface area contributed by atoms with Crippen molar-refractivity contribution in [3.05, 3.63) is 84.2 Å². The summed E-state index contributed by atoms with van der Waals surface area (Å²) in [6, 6.07) is 20.6. The Hall–Kier alpha value is -4.43. The molecular formula is C35H37N5O6S2. The van der Waals surface area contributed by atoms with Crippen LogP contribution in [0.25, 0.3) is 21.7 Å². The molecular weight excluding hydrogens is 651 g/mol. The second kappa shape index (κ2) is 15.2. The van der Waals surface area contributed by atoms with Crippen molar-refractivity contribution in [2.45, 2.75) is 10.9 Å². The summed E-state index contributed by atoms with van der Waals surface area (Å²) in [5.41, 5.74) is 8.98. The van der Waals surface area contributed by atoms with E-state index < -0.39 is 6.16 Å². The van der Waals surface area contributed by atoms with Gasteiger partial charge in [-0.15, -0.1) is 0 Å². The van der Waals surface area contributed by atoms with Crippen molar-refractivity contribution in [3.63, 3.8) is 0 Å². The highest BCUT2D eigenvalue weighted by molar-refractivity contribution is 8.76. The molecule has 0 fully saturated rings. The highest BCUT2D eigenvalue weighted by Crippen LogP contribution is 2.45. The minimum Gasteiger partial charge on any atom is -0.493 e. The summed E-state index contributed by atoms with van der Waals surface area (Å²) in [7, 11) is 8.59. The molecule has 250 valence electrons. The van der Waals surface area contributed by atoms with Gasteiger partial charge in [0.25, 0.3) is 5.91 Å². The number of aromatic amines is 1. The van der Waals surface area contributed by atoms with E-state index >= 15 is 0 Å². The molecule has 0 bridgehead atoms. The average molecular weight is 688 g/mol. The summed E-state index contributed by atoms with van der Waals surface area (Å²) in [4.78, 5) is 38.2. The number of aromatic nitrogens is 2. The van der Waals surface area contributed by atoms with E-state index in [0.29, 0.717) is 54.1 Å². The van der Waals surface area contributed by atoms with Gasteiger partial charge in [-0.1, -0.05) is 41.1 Å². The molecule has 1 aliphatic heterocycles. The first kappa shape index (κ1) is 33.5. The molecule has 3 aromatic carbocycles. The second-order valence-corrected chi connectivity index (χ2v) is 13.8. The molecule has 0 radical (unpaired) electrons. The van der Waals surface area contributed by atoms with Crippen LogP contribution in [0.3, 0.4) is 0 Å². The number of nitrogens with two attached hydrogens (primary N) is 1. The number of hydrogen-bond donors (Lipinski definition) is 2. The maximum absolute atomic E-state index is 14.1. The average Bonchev–Trinajstić information content (AvgIpc) is 3.69. The molecule has 5 aromatic rings. The van der Waals surface area contributed by atoms with Gasteiger partial charge in [0.05, 0.1) is 12.8 Å². The van der Waals surface area contributed by atoms with Gasteiger partial charge in [0.1, 0.15) is 29.7 Å². The summed E-state index contributed by atoms with van der Waals surface area (Å²) >= 11 is 0. The van der Waals surface area contributed by atoms with E-state index in [0.717, 1.165) is 38.8 Å². The molecule has 48 heavy (non-hydrogen) atoms. The number of amides is 1. The fourth-order valence-electron chi connectivity index (χ4n) is 5.67. The quantitative estimate of drug-likeness (QED) is 0.0624. The number of carbonyl (C=O) groups is 2. The van der Waals surface area contributed by atoms with Gasteiger partial charge in [0, 0.05) is 65.9 Å². The van der Waals surface area contributed by atoms with Gasteiger partial charge < -0.3 is 39.5 Å². The molecule has 0 saturated heterocycles. The highest BCUT2D eigenvalue weighted by atomic mass is 33.1. The maximum Gasteiger partial charge on any atom is 0.513 e. The van der Waals surface area contributed by atoms with Crippen LogP contribution >= 0.6 is 21.6 Å². The van der Waals surface area contributed by atoms with E-state index in [1.54, 1.807) is 24.3 Å². The number of nitrogens with zero attached hydrogens (tertiary/aromatic N) is 3. The van der Waals surface area contributed by atoms with Gasteiger partial charge in [-0.25, -0.2) is 9.78 Å². The molecule has 0 saturated carbocycles. The molecule has 1 amide bonds. The zero-order valence-electron chi connectivity index (χ0n) is 26.9. The lowest BCUT2D eigenvalue weighted by Crippen LogP contribution is -2.31. The van der Waals surface area contributed by atoms with Gasteiger partial charge in [0.15, 0.2) is 11.5 Å². The topological polar surface area (TPSA) is 132 Å². The van der Waals surface area contributed by atoms with Crippen LogP contribution in [0, 0.1) is 0 Å². The summed E-state index contributed by atoms with van der Waals surface area (Å²) in [6.07, 6.45) is 0.919. The Kier molecular flexibility index (Phi) is 10.6. The van der Waals surface area contributed by atoms with Gasteiger partial charge in [0.2, 0.25) is 0 Å². The largest absolute Gasteiger partial charge is 0.513 e. The summed E-state index contributed by atoms with van der Waals surface area (Å²) in [5, 5.41) is 3.30. The van der Waals surface area contributed by atoms with Crippen LogP contribution in [-0.4, -0.2) is 86.7 Å². The maximum atomic E-state index is 14.1. The Labute approximate surface area is 286 Å². The predicted molar refractivity (Wildman–Crippen MR) is 191 cm³/mol. The van der Waals surface area contributed by atoms with E-state index in [-0.39, 0.29) is 18.4 Å². The van der Waals surface area contributed by atoms with Crippen molar-refractivity contribution in [3.8, 4) is 17.2 Å². The van der Waals surface area contributed by atoms with Crippen molar-refractivity contribution in [1.29, 1.82) is 0 Å². The lowest BCUT2D eigenvalue weighted by molar-refractivity contribution is 0.0984. The predicted octanol–water partition coefficient (Wildman–Crippen LogP) is 6.32. The molecule has 2 aromatic heterocycles. The number of ether oxygens (including phenoxy) is 4. The minimum absolute atomic E-state index is 0.107. The van der Waals surface area contributed by atoms with Crippen molar-refractivity contribution < 1.29 is 28.5 Å². The Morgan fingerprint density at radius 3 is 2.58 bits per heavy atom. The lowest BCUT2D eigenvalue weighted by Gasteiger charge is -2.18. The molecule has 0 aliphatic carbocycles. The highest BCUT2D eigenvalue weighted by Gasteiger charge is 2.35. The Morgan fingerprint density at radius 2 is 1.83 bits per heavy atom. The number of rotatable bonds is 13. The number of benzene rings is 3. The molecule has 1 aliphatic rings. The fourth-order valence-corrected chi connectivity index (χ4v) is 7.38. The van der Waals surface area contributed by atoms with Gasteiger partial charge >= 0.3 is 6.16 Å². The van der Waals surface area contributed by atoms with E-state index in [2.05, 4.69) is 9.97 Å². The first-order valence-corrected chi connectivity index (χ1v) is 17.8. The molecule has 13 heteroatoms. The van der Waals surface area contributed by atoms with E-state index in [4.69, 9.17) is 24.7 Å². The zero-order chi connectivity index (χ0) is 33.6. The third kappa shape index (κ3) is 7.34. The SMILES string of the molecule is COc1cc2[nH]c(C(=O)N3CC(CN)c4c3cc(OC(=O)OCCSSc3ccccn3)c3ccccc43)cc2cc1OCCN(C)C. The number of methoxy groups -OCH3 is 1. The van der Waals surface area contributed by atoms with Crippen LogP contribution in [-0.2, 0) is 4.74 Å². The number of carbonyl (C=O) groups excluding carboxylic acids is 2. The third-order valence-corrected chi connectivity index (χ3v) is 10.2. The normalized spacial score (nSPS) is 14.0. The number of hydrogen-bond acceptors (Lipinski definition) is 11. The lowest BCUT2D eigenvalue weighted by atomic mass is 9.94. The smallest absolute Gasteiger partial charge is 0.493 e. The van der Waals surface area contributed by atoms with Crippen LogP contribution < -0.4 is 24.8 Å². The Morgan fingerprint density at radius 1 is 1.02 bits per heavy atom. The number of anilines is 1. The van der Waals surface area contributed by atoms with Gasteiger partial charge in [-0.2, -0.15) is 0 Å². The molecule has 0 spiro atoms. The molecule has 6 rings (SSSR count). The number of fused-ring (bicyclic) bond motifs is 4. The fraction of sp³-hybridized carbons (Fsp3) is 0.286. The van der Waals surface area contributed by atoms with E-state index in [9.17, 15) is 9.59 Å². The second-order valence-electron chi connectivity index (χ2n) is 11.4. The molecule has 1 atom stereocenters. The minimum atomic E-state index is -0.817. The summed E-state index contributed by atoms with van der Waals surface area (Å²) < 4.78 is 22.7. The van der Waals surface area contributed by atoms with Crippen LogP contribution in [0.5, 0.6) is 17.2 Å². The first-order chi connectivity index (χ1) is 23.4. The summed E-state index contributed by atoms with van der Waals surface area (Å²) in [5.74, 6) is 1.70. The number of likely N-dealkylation sites (N-methyl/N-ethyl adjacent to an activating group) is 1. The molecule has 3 heterocycles. The number of nitrogens with one attached hydrogen (secondary N) is 1. The van der Waals surface area contributed by atoms with Gasteiger partial charge in [-0.05, 0) is 60.1 Å². The van der Waals surface area contributed by atoms with E-state index in [1.165, 1.54) is 21.6 Å². The van der Waals surface area contributed by atoms with Crippen molar-refractivity contribution in [1.82, 2.24) is 14.9 Å². The number of H-pyrrole nitrogens is 1.